The lowest BCUT2D eigenvalue weighted by Gasteiger charge is -2.32. The summed E-state index contributed by atoms with van der Waals surface area (Å²) in [5.74, 6) is -1.62. The van der Waals surface area contributed by atoms with Crippen LogP contribution in [-0.2, 0) is 15.8 Å². The van der Waals surface area contributed by atoms with E-state index in [4.69, 9.17) is 0 Å². The summed E-state index contributed by atoms with van der Waals surface area (Å²) < 4.78 is 40.1. The van der Waals surface area contributed by atoms with E-state index in [1.165, 1.54) is 13.0 Å². The first-order valence-corrected chi connectivity index (χ1v) is 9.94. The van der Waals surface area contributed by atoms with Crippen molar-refractivity contribution in [3.63, 3.8) is 0 Å². The number of fused-ring (bicyclic) bond motifs is 1. The Labute approximate surface area is 180 Å². The summed E-state index contributed by atoms with van der Waals surface area (Å²) in [6.45, 7) is 2.29. The van der Waals surface area contributed by atoms with Crippen LogP contribution in [0.15, 0.2) is 36.4 Å². The van der Waals surface area contributed by atoms with Crippen LogP contribution in [0.2, 0.25) is 0 Å². The summed E-state index contributed by atoms with van der Waals surface area (Å²) in [5.41, 5.74) is 1.20. The number of nitrogens with one attached hydrogen (secondary N) is 2. The van der Waals surface area contributed by atoms with Crippen LogP contribution in [0.5, 0.6) is 0 Å². The first kappa shape index (κ1) is 21.5. The van der Waals surface area contributed by atoms with Crippen molar-refractivity contribution in [2.75, 3.05) is 28.6 Å². The molecule has 3 heterocycles. The number of nitrogens with zero attached hydrogens (tertiary/aromatic N) is 5. The molecule has 168 valence electrons. The molecule has 2 N–H and O–H groups in total. The van der Waals surface area contributed by atoms with Crippen LogP contribution < -0.4 is 15.5 Å². The standard InChI is InChI=1S/C20H20F3N7O2/c1-12(31)24-14-4-6-15(7-5-14)25-18(32)13-3-2-10-29(11-13)17-9-8-16-26-27-19(20(21,22)23)30(16)28-17/h4-9,13H,2-3,10-11H2,1H3,(H,24,31)(H,25,32). The summed E-state index contributed by atoms with van der Waals surface area (Å²) in [5, 5.41) is 16.3. The van der Waals surface area contributed by atoms with Crippen LogP contribution >= 0.6 is 0 Å². The maximum atomic E-state index is 13.1. The Bertz CT molecular complexity index is 1140. The van der Waals surface area contributed by atoms with E-state index in [2.05, 4.69) is 25.9 Å². The van der Waals surface area contributed by atoms with Gasteiger partial charge in [-0.05, 0) is 49.2 Å². The van der Waals surface area contributed by atoms with Crippen molar-refractivity contribution in [2.24, 2.45) is 5.92 Å². The molecule has 32 heavy (non-hydrogen) atoms. The molecule has 4 rings (SSSR count). The zero-order chi connectivity index (χ0) is 22.9. The quantitative estimate of drug-likeness (QED) is 0.637. The van der Waals surface area contributed by atoms with Crippen molar-refractivity contribution >= 4 is 34.7 Å². The van der Waals surface area contributed by atoms with Gasteiger partial charge in [-0.25, -0.2) is 0 Å². The Hall–Kier alpha value is -3.70. The average molecular weight is 447 g/mol. The normalized spacial score (nSPS) is 16.8. The van der Waals surface area contributed by atoms with Gasteiger partial charge in [0.2, 0.25) is 11.8 Å². The number of aromatic nitrogens is 4. The molecule has 0 bridgehead atoms. The SMILES string of the molecule is CC(=O)Nc1ccc(NC(=O)C2CCCN(c3ccc4nnc(C(F)(F)F)n4n3)C2)cc1. The zero-order valence-corrected chi connectivity index (χ0v) is 17.1. The number of carbonyl (C=O) groups is 2. The maximum absolute atomic E-state index is 13.1. The van der Waals surface area contributed by atoms with Crippen molar-refractivity contribution < 1.29 is 22.8 Å². The molecule has 3 aromatic rings. The van der Waals surface area contributed by atoms with Crippen LogP contribution in [-0.4, -0.2) is 44.7 Å². The first-order chi connectivity index (χ1) is 15.2. The molecule has 1 aliphatic rings. The zero-order valence-electron chi connectivity index (χ0n) is 17.1. The van der Waals surface area contributed by atoms with Crippen molar-refractivity contribution in [1.82, 2.24) is 19.8 Å². The second-order valence-electron chi connectivity index (χ2n) is 7.52. The molecule has 1 aliphatic heterocycles. The molecule has 0 spiro atoms. The van der Waals surface area contributed by atoms with Gasteiger partial charge in [-0.2, -0.15) is 17.7 Å². The number of rotatable bonds is 4. The third-order valence-corrected chi connectivity index (χ3v) is 5.09. The molecule has 1 aromatic carbocycles. The van der Waals surface area contributed by atoms with Gasteiger partial charge in [0.05, 0.1) is 5.92 Å². The summed E-state index contributed by atoms with van der Waals surface area (Å²) >= 11 is 0. The van der Waals surface area contributed by atoms with Gasteiger partial charge >= 0.3 is 6.18 Å². The van der Waals surface area contributed by atoms with Gasteiger partial charge in [0.25, 0.3) is 5.82 Å². The number of alkyl halides is 3. The number of amides is 2. The Morgan fingerprint density at radius 1 is 1.03 bits per heavy atom. The van der Waals surface area contributed by atoms with Gasteiger partial charge < -0.3 is 15.5 Å². The van der Waals surface area contributed by atoms with Gasteiger partial charge in [-0.15, -0.1) is 15.3 Å². The van der Waals surface area contributed by atoms with E-state index in [1.807, 2.05) is 0 Å². The molecule has 12 heteroatoms. The third kappa shape index (κ3) is 4.63. The van der Waals surface area contributed by atoms with E-state index in [0.29, 0.717) is 47.6 Å². The monoisotopic (exact) mass is 447 g/mol. The summed E-state index contributed by atoms with van der Waals surface area (Å²) in [6.07, 6.45) is -3.34. The molecular weight excluding hydrogens is 427 g/mol. The fourth-order valence-electron chi connectivity index (χ4n) is 3.61. The lowest BCUT2D eigenvalue weighted by Crippen LogP contribution is -2.41. The lowest BCUT2D eigenvalue weighted by molar-refractivity contribution is -0.146. The van der Waals surface area contributed by atoms with Crippen LogP contribution in [0.25, 0.3) is 5.65 Å². The van der Waals surface area contributed by atoms with E-state index in [1.54, 1.807) is 35.2 Å². The molecule has 9 nitrogen and oxygen atoms in total. The van der Waals surface area contributed by atoms with Crippen molar-refractivity contribution in [3.8, 4) is 0 Å². The second kappa shape index (κ2) is 8.44. The molecule has 2 aromatic heterocycles. The van der Waals surface area contributed by atoms with Gasteiger partial charge in [0, 0.05) is 31.4 Å². The highest BCUT2D eigenvalue weighted by atomic mass is 19.4. The third-order valence-electron chi connectivity index (χ3n) is 5.09. The number of benzene rings is 1. The van der Waals surface area contributed by atoms with Crippen LogP contribution in [0.1, 0.15) is 25.6 Å². The Morgan fingerprint density at radius 3 is 2.38 bits per heavy atom. The molecule has 0 radical (unpaired) electrons. The van der Waals surface area contributed by atoms with Crippen molar-refractivity contribution in [2.45, 2.75) is 25.9 Å². The maximum Gasteiger partial charge on any atom is 0.453 e. The minimum atomic E-state index is -4.68. The number of hydrogen-bond donors (Lipinski definition) is 2. The van der Waals surface area contributed by atoms with E-state index in [9.17, 15) is 22.8 Å². The molecular formula is C20H20F3N7O2. The minimum Gasteiger partial charge on any atom is -0.354 e. The number of piperidine rings is 1. The first-order valence-electron chi connectivity index (χ1n) is 9.94. The fraction of sp³-hybridized carbons (Fsp3) is 0.350. The topological polar surface area (TPSA) is 105 Å². The van der Waals surface area contributed by atoms with E-state index in [0.717, 1.165) is 0 Å². The molecule has 1 atom stereocenters. The Kier molecular flexibility index (Phi) is 5.68. The summed E-state index contributed by atoms with van der Waals surface area (Å²) in [6, 6.07) is 9.73. The highest BCUT2D eigenvalue weighted by Crippen LogP contribution is 2.29. The molecule has 0 aliphatic carbocycles. The molecule has 1 fully saturated rings. The van der Waals surface area contributed by atoms with Gasteiger partial charge in [0.15, 0.2) is 5.65 Å². The van der Waals surface area contributed by atoms with E-state index >= 15 is 0 Å². The predicted molar refractivity (Wildman–Crippen MR) is 110 cm³/mol. The molecule has 0 saturated carbocycles. The average Bonchev–Trinajstić information content (AvgIpc) is 3.19. The van der Waals surface area contributed by atoms with Crippen molar-refractivity contribution in [1.29, 1.82) is 0 Å². The minimum absolute atomic E-state index is 0.00455. The van der Waals surface area contributed by atoms with Gasteiger partial charge in [0.1, 0.15) is 5.82 Å². The molecule has 1 saturated heterocycles. The Morgan fingerprint density at radius 2 is 1.72 bits per heavy atom. The lowest BCUT2D eigenvalue weighted by atomic mass is 9.97. The Balaban J connectivity index is 1.46. The van der Waals surface area contributed by atoms with Crippen molar-refractivity contribution in [3.05, 3.63) is 42.2 Å². The highest BCUT2D eigenvalue weighted by molar-refractivity contribution is 5.94. The highest BCUT2D eigenvalue weighted by Gasteiger charge is 2.38. The second-order valence-corrected chi connectivity index (χ2v) is 7.52. The van der Waals surface area contributed by atoms with Crippen LogP contribution in [0.4, 0.5) is 30.4 Å². The van der Waals surface area contributed by atoms with Gasteiger partial charge in [-0.1, -0.05) is 0 Å². The smallest absolute Gasteiger partial charge is 0.354 e. The van der Waals surface area contributed by atoms with Crippen LogP contribution in [0.3, 0.4) is 0 Å². The molecule has 1 unspecified atom stereocenters. The van der Waals surface area contributed by atoms with Gasteiger partial charge in [-0.3, -0.25) is 9.59 Å². The predicted octanol–water partition coefficient (Wildman–Crippen LogP) is 2.96. The summed E-state index contributed by atoms with van der Waals surface area (Å²) in [4.78, 5) is 25.6. The largest absolute Gasteiger partial charge is 0.453 e. The summed E-state index contributed by atoms with van der Waals surface area (Å²) in [7, 11) is 0. The number of hydrogen-bond acceptors (Lipinski definition) is 6. The number of halogens is 3. The van der Waals surface area contributed by atoms with E-state index < -0.39 is 12.0 Å². The molecule has 2 amide bonds. The fourth-order valence-corrected chi connectivity index (χ4v) is 3.61. The van der Waals surface area contributed by atoms with Crippen LogP contribution in [0, 0.1) is 5.92 Å². The number of anilines is 3. The van der Waals surface area contributed by atoms with E-state index in [-0.39, 0.29) is 23.4 Å². The number of carbonyl (C=O) groups excluding carboxylic acids is 2.